The Labute approximate surface area is 232 Å². The van der Waals surface area contributed by atoms with E-state index in [1.165, 1.54) is 6.07 Å². The number of benzene rings is 2. The number of aromatic nitrogens is 4. The number of imidazole rings is 1. The van der Waals surface area contributed by atoms with Gasteiger partial charge in [-0.25, -0.2) is 18.7 Å². The highest BCUT2D eigenvalue weighted by molar-refractivity contribution is 7.15. The number of nitrogens with zero attached hydrogens (tertiary/aromatic N) is 4. The molecule has 0 spiro atoms. The van der Waals surface area contributed by atoms with Crippen molar-refractivity contribution in [2.75, 3.05) is 5.32 Å². The largest absolute Gasteiger partial charge is 0.365 e. The third kappa shape index (κ3) is 4.89. The van der Waals surface area contributed by atoms with E-state index in [-0.39, 0.29) is 5.91 Å². The van der Waals surface area contributed by atoms with Crippen molar-refractivity contribution in [1.29, 1.82) is 0 Å². The molecule has 40 heavy (non-hydrogen) atoms. The normalized spacial score (nSPS) is 12.1. The highest BCUT2D eigenvalue weighted by Crippen LogP contribution is 2.32. The first-order valence-electron chi connectivity index (χ1n) is 12.6. The second-order valence-corrected chi connectivity index (χ2v) is 10.6. The first-order chi connectivity index (χ1) is 19.4. The lowest BCUT2D eigenvalue weighted by molar-refractivity contribution is 0.0940. The van der Waals surface area contributed by atoms with Crippen LogP contribution < -0.4 is 10.6 Å². The van der Waals surface area contributed by atoms with E-state index >= 15 is 0 Å². The minimum absolute atomic E-state index is 0.357. The molecule has 6 aromatic rings. The molecule has 0 aliphatic rings. The molecule has 0 aliphatic carbocycles. The molecule has 1 atom stereocenters. The monoisotopic (exact) mass is 554 g/mol. The van der Waals surface area contributed by atoms with Gasteiger partial charge in [0.25, 0.3) is 5.91 Å². The van der Waals surface area contributed by atoms with Crippen LogP contribution in [0.3, 0.4) is 0 Å². The average molecular weight is 555 g/mol. The molecule has 0 aliphatic heterocycles. The number of carbonyl (C=O) groups excluding carboxylic acids is 1. The van der Waals surface area contributed by atoms with E-state index in [0.717, 1.165) is 49.4 Å². The lowest BCUT2D eigenvalue weighted by Crippen LogP contribution is -2.27. The van der Waals surface area contributed by atoms with Crippen molar-refractivity contribution in [3.8, 4) is 10.4 Å². The number of nitrogens with one attached hydrogen (secondary N) is 2. The second kappa shape index (κ2) is 10.5. The minimum atomic E-state index is -0.955. The number of aryl methyl sites for hydroxylation is 1. The van der Waals surface area contributed by atoms with E-state index in [9.17, 15) is 13.6 Å². The molecule has 6 rings (SSSR count). The van der Waals surface area contributed by atoms with E-state index in [1.54, 1.807) is 49.1 Å². The van der Waals surface area contributed by atoms with Gasteiger partial charge in [-0.15, -0.1) is 11.3 Å². The number of halogens is 2. The fourth-order valence-electron chi connectivity index (χ4n) is 4.66. The van der Waals surface area contributed by atoms with Crippen LogP contribution in [0.4, 0.5) is 14.6 Å². The van der Waals surface area contributed by atoms with Crippen LogP contribution >= 0.6 is 11.3 Å². The molecular weight excluding hydrogens is 530 g/mol. The second-order valence-electron chi connectivity index (χ2n) is 9.47. The SMILES string of the molecule is C[C@H](NC(=O)c1cccnc1NCc1ccc(-c2ccc3ncc4ncn(C)c4c3c2)s1)c1ccc(F)c(F)c1. The van der Waals surface area contributed by atoms with Crippen molar-refractivity contribution in [3.05, 3.63) is 107 Å². The Morgan fingerprint density at radius 2 is 1.88 bits per heavy atom. The highest BCUT2D eigenvalue weighted by Gasteiger charge is 2.17. The molecule has 10 heteroatoms. The number of hydrogen-bond donors (Lipinski definition) is 2. The van der Waals surface area contributed by atoms with E-state index in [4.69, 9.17) is 0 Å². The van der Waals surface area contributed by atoms with E-state index in [0.29, 0.717) is 23.5 Å². The number of fused-ring (bicyclic) bond motifs is 3. The molecule has 1 amide bonds. The Balaban J connectivity index is 1.18. The van der Waals surface area contributed by atoms with Crippen molar-refractivity contribution in [2.24, 2.45) is 7.05 Å². The van der Waals surface area contributed by atoms with Crippen LogP contribution in [0.2, 0.25) is 0 Å². The molecule has 7 nitrogen and oxygen atoms in total. The van der Waals surface area contributed by atoms with Gasteiger partial charge in [0.1, 0.15) is 11.3 Å². The molecule has 200 valence electrons. The molecule has 0 bridgehead atoms. The first-order valence-corrected chi connectivity index (χ1v) is 13.4. The zero-order valence-electron chi connectivity index (χ0n) is 21.7. The quantitative estimate of drug-likeness (QED) is 0.232. The van der Waals surface area contributed by atoms with Crippen LogP contribution in [0, 0.1) is 11.6 Å². The van der Waals surface area contributed by atoms with Crippen LogP contribution in [0.5, 0.6) is 0 Å². The molecule has 0 saturated carbocycles. The van der Waals surface area contributed by atoms with Crippen molar-refractivity contribution < 1.29 is 13.6 Å². The standard InChI is InChI=1S/C30H24F2N6OS/c1-17(18-5-8-23(31)24(32)13-18)37-30(39)21-4-3-11-33-29(21)35-14-20-7-10-27(40-20)19-6-9-25-22(12-19)28-26(15-34-25)36-16-38(28)2/h3-13,15-17H,14H2,1-2H3,(H,33,35)(H,37,39)/t17-/m0/s1. The predicted octanol–water partition coefficient (Wildman–Crippen LogP) is 6.63. The van der Waals surface area contributed by atoms with Crippen LogP contribution in [0.15, 0.2) is 79.4 Å². The maximum Gasteiger partial charge on any atom is 0.255 e. The first kappa shape index (κ1) is 25.6. The number of hydrogen-bond acceptors (Lipinski definition) is 6. The lowest BCUT2D eigenvalue weighted by Gasteiger charge is -2.16. The maximum absolute atomic E-state index is 13.7. The van der Waals surface area contributed by atoms with Gasteiger partial charge in [-0.05, 0) is 66.6 Å². The van der Waals surface area contributed by atoms with Gasteiger partial charge in [-0.3, -0.25) is 9.78 Å². The topological polar surface area (TPSA) is 84.7 Å². The number of anilines is 1. The predicted molar refractivity (Wildman–Crippen MR) is 153 cm³/mol. The summed E-state index contributed by atoms with van der Waals surface area (Å²) in [6.07, 6.45) is 5.20. The summed E-state index contributed by atoms with van der Waals surface area (Å²) in [5.74, 6) is -1.82. The fraction of sp³-hybridized carbons (Fsp3) is 0.133. The Morgan fingerprint density at radius 1 is 1.00 bits per heavy atom. The maximum atomic E-state index is 13.7. The fourth-order valence-corrected chi connectivity index (χ4v) is 5.60. The Bertz CT molecular complexity index is 1880. The van der Waals surface area contributed by atoms with Gasteiger partial charge >= 0.3 is 0 Å². The Kier molecular flexibility index (Phi) is 6.69. The third-order valence-electron chi connectivity index (χ3n) is 6.76. The van der Waals surface area contributed by atoms with Gasteiger partial charge in [0.2, 0.25) is 0 Å². The smallest absolute Gasteiger partial charge is 0.255 e. The van der Waals surface area contributed by atoms with Gasteiger partial charge in [0.15, 0.2) is 11.6 Å². The number of carbonyl (C=O) groups is 1. The Morgan fingerprint density at radius 3 is 2.73 bits per heavy atom. The van der Waals surface area contributed by atoms with Crippen LogP contribution in [0.1, 0.15) is 33.8 Å². The van der Waals surface area contributed by atoms with Gasteiger partial charge in [-0.1, -0.05) is 12.1 Å². The van der Waals surface area contributed by atoms with Gasteiger partial charge in [0.05, 0.1) is 41.7 Å². The molecule has 0 unspecified atom stereocenters. The molecule has 2 aromatic carbocycles. The van der Waals surface area contributed by atoms with Crippen LogP contribution in [-0.4, -0.2) is 25.4 Å². The number of pyridine rings is 2. The summed E-state index contributed by atoms with van der Waals surface area (Å²) in [7, 11) is 1.98. The van der Waals surface area contributed by atoms with E-state index in [2.05, 4.69) is 43.8 Å². The summed E-state index contributed by atoms with van der Waals surface area (Å²) in [6, 6.07) is 16.8. The van der Waals surface area contributed by atoms with Crippen LogP contribution in [0.25, 0.3) is 32.4 Å². The van der Waals surface area contributed by atoms with Gasteiger partial charge in [0, 0.05) is 28.4 Å². The van der Waals surface area contributed by atoms with Crippen molar-refractivity contribution in [3.63, 3.8) is 0 Å². The number of thiophene rings is 1. The van der Waals surface area contributed by atoms with Crippen molar-refractivity contribution >= 4 is 45.0 Å². The summed E-state index contributed by atoms with van der Waals surface area (Å²) >= 11 is 1.65. The molecule has 0 saturated heterocycles. The third-order valence-corrected chi connectivity index (χ3v) is 7.90. The zero-order chi connectivity index (χ0) is 27.8. The highest BCUT2D eigenvalue weighted by atomic mass is 32.1. The average Bonchev–Trinajstić information content (AvgIpc) is 3.60. The molecule has 4 aromatic heterocycles. The van der Waals surface area contributed by atoms with Crippen molar-refractivity contribution in [2.45, 2.75) is 19.5 Å². The van der Waals surface area contributed by atoms with E-state index < -0.39 is 17.7 Å². The van der Waals surface area contributed by atoms with Crippen LogP contribution in [-0.2, 0) is 13.6 Å². The molecule has 2 N–H and O–H groups in total. The van der Waals surface area contributed by atoms with Crippen molar-refractivity contribution in [1.82, 2.24) is 24.8 Å². The summed E-state index contributed by atoms with van der Waals surface area (Å²) in [4.78, 5) is 28.5. The van der Waals surface area contributed by atoms with Gasteiger partial charge < -0.3 is 15.2 Å². The Hall–Kier alpha value is -4.70. The lowest BCUT2D eigenvalue weighted by atomic mass is 10.1. The zero-order valence-corrected chi connectivity index (χ0v) is 22.5. The summed E-state index contributed by atoms with van der Waals surface area (Å²) < 4.78 is 29.0. The summed E-state index contributed by atoms with van der Waals surface area (Å²) in [6.45, 7) is 2.19. The minimum Gasteiger partial charge on any atom is -0.365 e. The number of amides is 1. The number of rotatable bonds is 7. The molecule has 0 radical (unpaired) electrons. The summed E-state index contributed by atoms with van der Waals surface area (Å²) in [5.41, 5.74) is 4.73. The van der Waals surface area contributed by atoms with E-state index in [1.807, 2.05) is 23.7 Å². The molecule has 4 heterocycles. The van der Waals surface area contributed by atoms with Gasteiger partial charge in [-0.2, -0.15) is 0 Å². The molecule has 0 fully saturated rings. The summed E-state index contributed by atoms with van der Waals surface area (Å²) in [5, 5.41) is 7.15. The molecular formula is C30H24F2N6OS.